The van der Waals surface area contributed by atoms with E-state index in [0.29, 0.717) is 23.7 Å². The molecule has 21 heavy (non-hydrogen) atoms. The van der Waals surface area contributed by atoms with Crippen molar-refractivity contribution >= 4 is 27.7 Å². The van der Waals surface area contributed by atoms with Crippen LogP contribution in [0.1, 0.15) is 23.4 Å². The molecule has 0 spiro atoms. The Kier molecular flexibility index (Phi) is 4.03. The van der Waals surface area contributed by atoms with Gasteiger partial charge in [0.05, 0.1) is 12.6 Å². The number of rotatable bonds is 3. The summed E-state index contributed by atoms with van der Waals surface area (Å²) in [6.45, 7) is 1.22. The molecule has 2 aliphatic rings. The Morgan fingerprint density at radius 1 is 1.38 bits per heavy atom. The van der Waals surface area contributed by atoms with Gasteiger partial charge in [0.15, 0.2) is 10.4 Å². The molecule has 1 aliphatic carbocycles. The molecule has 1 aromatic heterocycles. The molecule has 1 saturated carbocycles. The van der Waals surface area contributed by atoms with Crippen LogP contribution in [0.3, 0.4) is 0 Å². The van der Waals surface area contributed by atoms with Gasteiger partial charge in [-0.05, 0) is 46.8 Å². The van der Waals surface area contributed by atoms with Crippen molar-refractivity contribution in [3.8, 4) is 0 Å². The Bertz CT molecular complexity index is 559. The van der Waals surface area contributed by atoms with E-state index in [1.54, 1.807) is 17.0 Å². The molecule has 2 N–H and O–H groups in total. The second kappa shape index (κ2) is 5.81. The molecular weight excluding hydrogens is 340 g/mol. The minimum absolute atomic E-state index is 0.0489. The third kappa shape index (κ3) is 2.98. The fourth-order valence-corrected chi connectivity index (χ4v) is 3.54. The second-order valence-electron chi connectivity index (χ2n) is 5.65. The van der Waals surface area contributed by atoms with Gasteiger partial charge in [-0.25, -0.2) is 0 Å². The van der Waals surface area contributed by atoms with Gasteiger partial charge in [0, 0.05) is 19.0 Å². The van der Waals surface area contributed by atoms with E-state index in [9.17, 15) is 14.7 Å². The standard InChI is InChI=1S/C14H17BrN2O4/c15-12-4-3-11(21-12)14(20)16-5-13(19)17-6-8-1-2-10(18)9(8)7-17/h3-4,8-10,18H,1-2,5-7H2,(H,16,20). The van der Waals surface area contributed by atoms with Gasteiger partial charge >= 0.3 is 0 Å². The van der Waals surface area contributed by atoms with Crippen LogP contribution in [0.2, 0.25) is 0 Å². The molecule has 3 atom stereocenters. The van der Waals surface area contributed by atoms with E-state index in [0.717, 1.165) is 12.8 Å². The first-order valence-corrected chi connectivity index (χ1v) is 7.83. The number of nitrogens with zero attached hydrogens (tertiary/aromatic N) is 1. The number of likely N-dealkylation sites (tertiary alicyclic amines) is 1. The maximum atomic E-state index is 12.1. The van der Waals surface area contributed by atoms with Crippen LogP contribution in [0, 0.1) is 11.8 Å². The molecular formula is C14H17BrN2O4. The SMILES string of the molecule is O=C(NCC(=O)N1CC2CCC(O)C2C1)c1ccc(Br)o1. The molecule has 6 nitrogen and oxygen atoms in total. The van der Waals surface area contributed by atoms with E-state index in [4.69, 9.17) is 4.42 Å². The molecule has 0 bridgehead atoms. The fraction of sp³-hybridized carbons (Fsp3) is 0.571. The minimum atomic E-state index is -0.409. The number of carbonyl (C=O) groups excluding carboxylic acids is 2. The van der Waals surface area contributed by atoms with Crippen molar-refractivity contribution in [1.29, 1.82) is 0 Å². The predicted molar refractivity (Wildman–Crippen MR) is 77.5 cm³/mol. The zero-order valence-corrected chi connectivity index (χ0v) is 13.0. The molecule has 2 amide bonds. The summed E-state index contributed by atoms with van der Waals surface area (Å²) in [6.07, 6.45) is 1.52. The summed E-state index contributed by atoms with van der Waals surface area (Å²) in [5, 5.41) is 12.4. The Morgan fingerprint density at radius 2 is 2.19 bits per heavy atom. The van der Waals surface area contributed by atoms with Crippen LogP contribution in [-0.2, 0) is 4.79 Å². The average molecular weight is 357 g/mol. The van der Waals surface area contributed by atoms with E-state index in [1.165, 1.54) is 0 Å². The normalized spacial score (nSPS) is 27.7. The highest BCUT2D eigenvalue weighted by molar-refractivity contribution is 9.10. The van der Waals surface area contributed by atoms with Gasteiger partial charge in [0.2, 0.25) is 5.91 Å². The minimum Gasteiger partial charge on any atom is -0.444 e. The number of furan rings is 1. The highest BCUT2D eigenvalue weighted by Crippen LogP contribution is 2.37. The van der Waals surface area contributed by atoms with Crippen LogP contribution in [-0.4, -0.2) is 47.6 Å². The molecule has 1 saturated heterocycles. The lowest BCUT2D eigenvalue weighted by molar-refractivity contribution is -0.129. The van der Waals surface area contributed by atoms with E-state index >= 15 is 0 Å². The largest absolute Gasteiger partial charge is 0.444 e. The predicted octanol–water partition coefficient (Wildman–Crippen LogP) is 1.00. The lowest BCUT2D eigenvalue weighted by Crippen LogP contribution is -2.39. The van der Waals surface area contributed by atoms with Crippen LogP contribution < -0.4 is 5.32 Å². The Balaban J connectivity index is 1.50. The van der Waals surface area contributed by atoms with Crippen molar-refractivity contribution in [2.24, 2.45) is 11.8 Å². The molecule has 7 heteroatoms. The van der Waals surface area contributed by atoms with Crippen LogP contribution in [0.25, 0.3) is 0 Å². The summed E-state index contributed by atoms with van der Waals surface area (Å²) in [5.41, 5.74) is 0. The van der Waals surface area contributed by atoms with E-state index in [1.807, 2.05) is 0 Å². The molecule has 1 aliphatic heterocycles. The van der Waals surface area contributed by atoms with Crippen molar-refractivity contribution < 1.29 is 19.1 Å². The first-order chi connectivity index (χ1) is 10.0. The summed E-state index contributed by atoms with van der Waals surface area (Å²) in [7, 11) is 0. The van der Waals surface area contributed by atoms with Crippen molar-refractivity contribution in [3.05, 3.63) is 22.6 Å². The van der Waals surface area contributed by atoms with Crippen LogP contribution in [0.4, 0.5) is 0 Å². The second-order valence-corrected chi connectivity index (χ2v) is 6.44. The molecule has 0 radical (unpaired) electrons. The van der Waals surface area contributed by atoms with Crippen LogP contribution in [0.15, 0.2) is 21.2 Å². The molecule has 1 aromatic rings. The van der Waals surface area contributed by atoms with Crippen LogP contribution in [0.5, 0.6) is 0 Å². The molecule has 2 fully saturated rings. The van der Waals surface area contributed by atoms with Gasteiger partial charge < -0.3 is 19.7 Å². The van der Waals surface area contributed by atoms with Gasteiger partial charge in [-0.1, -0.05) is 0 Å². The van der Waals surface area contributed by atoms with Crippen molar-refractivity contribution in [2.75, 3.05) is 19.6 Å². The zero-order chi connectivity index (χ0) is 15.0. The van der Waals surface area contributed by atoms with E-state index in [2.05, 4.69) is 21.2 Å². The number of carbonyl (C=O) groups is 2. The van der Waals surface area contributed by atoms with E-state index < -0.39 is 5.91 Å². The van der Waals surface area contributed by atoms with Crippen LogP contribution >= 0.6 is 15.9 Å². The van der Waals surface area contributed by atoms with Crippen molar-refractivity contribution in [2.45, 2.75) is 18.9 Å². The Hall–Kier alpha value is -1.34. The number of hydrogen-bond acceptors (Lipinski definition) is 4. The quantitative estimate of drug-likeness (QED) is 0.846. The lowest BCUT2D eigenvalue weighted by Gasteiger charge is -2.18. The highest BCUT2D eigenvalue weighted by Gasteiger charge is 2.43. The van der Waals surface area contributed by atoms with Gasteiger partial charge in [-0.3, -0.25) is 9.59 Å². The third-order valence-electron chi connectivity index (χ3n) is 4.37. The Labute approximate surface area is 130 Å². The summed E-state index contributed by atoms with van der Waals surface area (Å²) in [4.78, 5) is 25.6. The maximum Gasteiger partial charge on any atom is 0.287 e. The lowest BCUT2D eigenvalue weighted by atomic mass is 10.00. The van der Waals surface area contributed by atoms with Gasteiger partial charge in [0.1, 0.15) is 0 Å². The number of aliphatic hydroxyl groups is 1. The summed E-state index contributed by atoms with van der Waals surface area (Å²) in [5.74, 6) is 0.249. The van der Waals surface area contributed by atoms with Crippen molar-refractivity contribution in [1.82, 2.24) is 10.2 Å². The monoisotopic (exact) mass is 356 g/mol. The fourth-order valence-electron chi connectivity index (χ4n) is 3.23. The first kappa shape index (κ1) is 14.6. The molecule has 2 heterocycles. The zero-order valence-electron chi connectivity index (χ0n) is 11.4. The van der Waals surface area contributed by atoms with Gasteiger partial charge in [-0.15, -0.1) is 0 Å². The number of halogens is 1. The van der Waals surface area contributed by atoms with E-state index in [-0.39, 0.29) is 30.2 Å². The number of aliphatic hydroxyl groups excluding tert-OH is 1. The van der Waals surface area contributed by atoms with Gasteiger partial charge in [0.25, 0.3) is 5.91 Å². The summed E-state index contributed by atoms with van der Waals surface area (Å²) < 4.78 is 5.60. The number of amides is 2. The third-order valence-corrected chi connectivity index (χ3v) is 4.80. The number of fused-ring (bicyclic) bond motifs is 1. The molecule has 114 valence electrons. The first-order valence-electron chi connectivity index (χ1n) is 7.04. The van der Waals surface area contributed by atoms with Gasteiger partial charge in [-0.2, -0.15) is 0 Å². The summed E-state index contributed by atoms with van der Waals surface area (Å²) in [6, 6.07) is 3.17. The highest BCUT2D eigenvalue weighted by atomic mass is 79.9. The number of nitrogens with one attached hydrogen (secondary N) is 1. The average Bonchev–Trinajstić information content (AvgIpc) is 3.14. The molecule has 0 aromatic carbocycles. The molecule has 3 unspecified atom stereocenters. The Morgan fingerprint density at radius 3 is 2.86 bits per heavy atom. The number of hydrogen-bond donors (Lipinski definition) is 2. The van der Waals surface area contributed by atoms with Crippen molar-refractivity contribution in [3.63, 3.8) is 0 Å². The smallest absolute Gasteiger partial charge is 0.287 e. The maximum absolute atomic E-state index is 12.1. The topological polar surface area (TPSA) is 82.8 Å². The molecule has 3 rings (SSSR count). The summed E-state index contributed by atoms with van der Waals surface area (Å²) >= 11 is 3.12.